The Balaban J connectivity index is 1.42. The summed E-state index contributed by atoms with van der Waals surface area (Å²) in [7, 11) is 3.48. The molecule has 2 aromatic rings. The number of hydrogen-bond donors (Lipinski definition) is 1. The zero-order chi connectivity index (χ0) is 26.9. The molecule has 0 radical (unpaired) electrons. The van der Waals surface area contributed by atoms with Gasteiger partial charge in [-0.05, 0) is 89.9 Å². The van der Waals surface area contributed by atoms with Gasteiger partial charge in [-0.1, -0.05) is 11.6 Å². The second-order valence-corrected chi connectivity index (χ2v) is 11.4. The van der Waals surface area contributed by atoms with Crippen LogP contribution in [-0.2, 0) is 14.3 Å². The number of furan rings is 1. The summed E-state index contributed by atoms with van der Waals surface area (Å²) in [5.41, 5.74) is 0.768. The summed E-state index contributed by atoms with van der Waals surface area (Å²) < 4.78 is 10.9. The minimum absolute atomic E-state index is 0.0315. The summed E-state index contributed by atoms with van der Waals surface area (Å²) in [6, 6.07) is 9.76. The lowest BCUT2D eigenvalue weighted by Gasteiger charge is -2.46. The Hall–Kier alpha value is -2.84. The van der Waals surface area contributed by atoms with Crippen LogP contribution in [0, 0.1) is 5.92 Å². The molecule has 0 bridgehead atoms. The minimum atomic E-state index is -0.662. The highest BCUT2D eigenvalue weighted by atomic mass is 35.5. The number of esters is 1. The van der Waals surface area contributed by atoms with Crippen LogP contribution in [0.1, 0.15) is 57.0 Å². The first-order valence-corrected chi connectivity index (χ1v) is 13.1. The lowest BCUT2D eigenvalue weighted by molar-refractivity contribution is -0.152. The van der Waals surface area contributed by atoms with Crippen LogP contribution in [-0.4, -0.2) is 72.0 Å². The van der Waals surface area contributed by atoms with Gasteiger partial charge in [0.15, 0.2) is 5.76 Å². The van der Waals surface area contributed by atoms with Crippen molar-refractivity contribution in [1.82, 2.24) is 15.1 Å². The number of nitrogens with zero attached hydrogens (tertiary/aromatic N) is 2. The van der Waals surface area contributed by atoms with Crippen molar-refractivity contribution in [3.05, 3.63) is 47.2 Å². The maximum Gasteiger partial charge on any atom is 0.310 e. The zero-order valence-corrected chi connectivity index (χ0v) is 22.9. The fourth-order valence-electron chi connectivity index (χ4n) is 5.43. The topological polar surface area (TPSA) is 92.1 Å². The third-order valence-corrected chi connectivity index (χ3v) is 8.05. The number of carbonyl (C=O) groups is 3. The Morgan fingerprint density at radius 2 is 1.81 bits per heavy atom. The molecular formula is C28H36ClN3O5. The van der Waals surface area contributed by atoms with E-state index in [-0.39, 0.29) is 35.3 Å². The number of amides is 2. The van der Waals surface area contributed by atoms with Crippen LogP contribution in [0.15, 0.2) is 40.8 Å². The number of halogens is 1. The molecular weight excluding hydrogens is 494 g/mol. The van der Waals surface area contributed by atoms with Crippen molar-refractivity contribution in [2.75, 3.05) is 20.7 Å². The molecule has 1 aromatic heterocycles. The Kier molecular flexibility index (Phi) is 7.99. The van der Waals surface area contributed by atoms with E-state index in [1.54, 1.807) is 29.2 Å². The van der Waals surface area contributed by atoms with E-state index >= 15 is 0 Å². The van der Waals surface area contributed by atoms with Crippen LogP contribution in [0.4, 0.5) is 0 Å². The minimum Gasteiger partial charge on any atom is -0.469 e. The van der Waals surface area contributed by atoms with Crippen molar-refractivity contribution in [2.45, 2.75) is 70.1 Å². The van der Waals surface area contributed by atoms with Crippen molar-refractivity contribution < 1.29 is 23.5 Å². The molecule has 37 heavy (non-hydrogen) atoms. The maximum absolute atomic E-state index is 13.4. The normalized spacial score (nSPS) is 24.4. The maximum atomic E-state index is 13.4. The number of benzene rings is 1. The largest absolute Gasteiger partial charge is 0.469 e. The average molecular weight is 530 g/mol. The highest BCUT2D eigenvalue weighted by Gasteiger charge is 2.46. The van der Waals surface area contributed by atoms with Gasteiger partial charge in [0.2, 0.25) is 5.91 Å². The number of methoxy groups -OCH3 is 1. The van der Waals surface area contributed by atoms with Crippen molar-refractivity contribution in [2.24, 2.45) is 5.92 Å². The number of carbonyl (C=O) groups excluding carboxylic acids is 3. The van der Waals surface area contributed by atoms with Crippen LogP contribution in [0.25, 0.3) is 11.3 Å². The molecule has 1 saturated carbocycles. The summed E-state index contributed by atoms with van der Waals surface area (Å²) in [5.74, 6) is -0.630. The third-order valence-electron chi connectivity index (χ3n) is 7.80. The fraction of sp³-hybridized carbons (Fsp3) is 0.536. The lowest BCUT2D eigenvalue weighted by Crippen LogP contribution is -2.55. The quantitative estimate of drug-likeness (QED) is 0.559. The number of nitrogens with one attached hydrogen (secondary N) is 1. The van der Waals surface area contributed by atoms with E-state index < -0.39 is 17.9 Å². The van der Waals surface area contributed by atoms with Crippen LogP contribution >= 0.6 is 11.6 Å². The highest BCUT2D eigenvalue weighted by molar-refractivity contribution is 6.30. The van der Waals surface area contributed by atoms with E-state index in [0.29, 0.717) is 36.6 Å². The number of likely N-dealkylation sites (tertiary alicyclic amines) is 1. The molecule has 1 aromatic carbocycles. The molecule has 1 saturated heterocycles. The van der Waals surface area contributed by atoms with Crippen LogP contribution in [0.3, 0.4) is 0 Å². The second kappa shape index (κ2) is 10.9. The Morgan fingerprint density at radius 3 is 2.46 bits per heavy atom. The lowest BCUT2D eigenvalue weighted by atomic mass is 9.79. The third kappa shape index (κ3) is 5.85. The van der Waals surface area contributed by atoms with E-state index in [2.05, 4.69) is 38.0 Å². The number of hydrogen-bond acceptors (Lipinski definition) is 6. The molecule has 2 amide bonds. The van der Waals surface area contributed by atoms with E-state index in [4.69, 9.17) is 20.8 Å². The first-order chi connectivity index (χ1) is 17.5. The molecule has 1 aliphatic carbocycles. The van der Waals surface area contributed by atoms with Crippen molar-refractivity contribution in [1.29, 1.82) is 0 Å². The Morgan fingerprint density at radius 1 is 1.11 bits per heavy atom. The first-order valence-electron chi connectivity index (χ1n) is 12.8. The molecule has 0 spiro atoms. The van der Waals surface area contributed by atoms with Gasteiger partial charge in [0.25, 0.3) is 5.91 Å². The van der Waals surface area contributed by atoms with Gasteiger partial charge in [-0.15, -0.1) is 0 Å². The van der Waals surface area contributed by atoms with Crippen LogP contribution < -0.4 is 5.32 Å². The molecule has 1 aliphatic heterocycles. The van der Waals surface area contributed by atoms with Crippen molar-refractivity contribution in [3.8, 4) is 11.3 Å². The van der Waals surface area contributed by atoms with Crippen molar-refractivity contribution >= 4 is 29.4 Å². The second-order valence-electron chi connectivity index (χ2n) is 11.0. The Labute approximate surface area is 223 Å². The fourth-order valence-corrected chi connectivity index (χ4v) is 5.56. The molecule has 4 atom stereocenters. The molecule has 4 rings (SSSR count). The molecule has 9 heteroatoms. The summed E-state index contributed by atoms with van der Waals surface area (Å²) in [4.78, 5) is 43.1. The van der Waals surface area contributed by atoms with Gasteiger partial charge in [-0.3, -0.25) is 19.3 Å². The SMILES string of the molecule is COC(=O)[C@@H]1C[C@H](N(C)C(C)(C)C)CC[C@@H]1N1CC[C@H](NC(=O)c2ccc(-c3ccc(Cl)cc3)o2)C1=O. The number of rotatable bonds is 6. The standard InChI is InChI=1S/C28H36ClN3O5/c1-28(2,3)31(4)19-10-11-22(20(16-19)27(35)36-5)32-15-14-21(26(32)34)30-25(33)24-13-12-23(37-24)17-6-8-18(29)9-7-17/h6-9,12-13,19-22H,10-11,14-16H2,1-5H3,(H,30,33)/t19-,20-,21+,22+/m1/s1. The molecule has 2 aliphatic rings. The highest BCUT2D eigenvalue weighted by Crippen LogP contribution is 2.36. The molecule has 8 nitrogen and oxygen atoms in total. The molecule has 2 fully saturated rings. The van der Waals surface area contributed by atoms with Gasteiger partial charge in [0, 0.05) is 34.8 Å². The summed E-state index contributed by atoms with van der Waals surface area (Å²) >= 11 is 5.95. The van der Waals surface area contributed by atoms with E-state index in [0.717, 1.165) is 12.0 Å². The summed E-state index contributed by atoms with van der Waals surface area (Å²) in [5, 5.41) is 3.44. The molecule has 1 N–H and O–H groups in total. The smallest absolute Gasteiger partial charge is 0.310 e. The zero-order valence-electron chi connectivity index (χ0n) is 22.1. The van der Waals surface area contributed by atoms with Crippen molar-refractivity contribution in [3.63, 3.8) is 0 Å². The number of ether oxygens (including phenoxy) is 1. The monoisotopic (exact) mass is 529 g/mol. The van der Waals surface area contributed by atoms with Gasteiger partial charge in [0.05, 0.1) is 13.0 Å². The van der Waals surface area contributed by atoms with Gasteiger partial charge >= 0.3 is 5.97 Å². The van der Waals surface area contributed by atoms with Crippen LogP contribution in [0.2, 0.25) is 5.02 Å². The van der Waals surface area contributed by atoms with Gasteiger partial charge in [-0.2, -0.15) is 0 Å². The molecule has 2 heterocycles. The first kappa shape index (κ1) is 27.2. The predicted octanol–water partition coefficient (Wildman–Crippen LogP) is 4.37. The van der Waals surface area contributed by atoms with Gasteiger partial charge in [0.1, 0.15) is 11.8 Å². The van der Waals surface area contributed by atoms with E-state index in [1.807, 2.05) is 12.1 Å². The summed E-state index contributed by atoms with van der Waals surface area (Å²) in [6.45, 7) is 6.94. The molecule has 200 valence electrons. The van der Waals surface area contributed by atoms with E-state index in [1.165, 1.54) is 7.11 Å². The van der Waals surface area contributed by atoms with Crippen LogP contribution in [0.5, 0.6) is 0 Å². The van der Waals surface area contributed by atoms with E-state index in [9.17, 15) is 14.4 Å². The van der Waals surface area contributed by atoms with Gasteiger partial charge in [-0.25, -0.2) is 0 Å². The predicted molar refractivity (Wildman–Crippen MR) is 141 cm³/mol. The molecule has 0 unspecified atom stereocenters. The van der Waals surface area contributed by atoms with Gasteiger partial charge < -0.3 is 19.4 Å². The summed E-state index contributed by atoms with van der Waals surface area (Å²) in [6.07, 6.45) is 2.70. The Bertz CT molecular complexity index is 1140. The average Bonchev–Trinajstić information content (AvgIpc) is 3.50.